The van der Waals surface area contributed by atoms with Crippen molar-refractivity contribution in [1.29, 1.82) is 0 Å². The number of amides is 3. The summed E-state index contributed by atoms with van der Waals surface area (Å²) in [6, 6.07) is 2.16. The highest BCUT2D eigenvalue weighted by molar-refractivity contribution is 6.00. The van der Waals surface area contributed by atoms with Crippen molar-refractivity contribution < 1.29 is 23.2 Å². The topological polar surface area (TPSA) is 69.7 Å². The molecule has 1 aliphatic heterocycles. The molecule has 25 heavy (non-hydrogen) atoms. The lowest BCUT2D eigenvalue weighted by Crippen LogP contribution is -2.54. The zero-order valence-electron chi connectivity index (χ0n) is 13.8. The average molecular weight is 351 g/mol. The van der Waals surface area contributed by atoms with E-state index in [1.807, 2.05) is 0 Å². The van der Waals surface area contributed by atoms with E-state index in [0.717, 1.165) is 17.0 Å². The summed E-state index contributed by atoms with van der Waals surface area (Å²) < 4.78 is 27.0. The SMILES string of the molecule is C=CC(=O)N(C)CC(=O)NC1CCCN(c2ccc(F)cc2F)C1=O. The summed E-state index contributed by atoms with van der Waals surface area (Å²) in [6.07, 6.45) is 2.04. The monoisotopic (exact) mass is 351 g/mol. The third kappa shape index (κ3) is 4.40. The van der Waals surface area contributed by atoms with Crippen LogP contribution < -0.4 is 10.2 Å². The number of carbonyl (C=O) groups is 3. The summed E-state index contributed by atoms with van der Waals surface area (Å²) >= 11 is 0. The molecule has 0 saturated carbocycles. The summed E-state index contributed by atoms with van der Waals surface area (Å²) in [5, 5.41) is 2.55. The molecule has 1 heterocycles. The van der Waals surface area contributed by atoms with E-state index in [1.165, 1.54) is 18.0 Å². The molecule has 8 heteroatoms. The number of carbonyl (C=O) groups excluding carboxylic acids is 3. The van der Waals surface area contributed by atoms with Gasteiger partial charge in [-0.15, -0.1) is 0 Å². The second-order valence-electron chi connectivity index (χ2n) is 5.75. The van der Waals surface area contributed by atoms with E-state index in [-0.39, 0.29) is 18.8 Å². The number of nitrogens with one attached hydrogen (secondary N) is 1. The number of benzene rings is 1. The molecule has 3 amide bonds. The molecule has 1 atom stereocenters. The van der Waals surface area contributed by atoms with Crippen molar-refractivity contribution in [3.8, 4) is 0 Å². The number of halogens is 2. The van der Waals surface area contributed by atoms with Crippen LogP contribution in [0.2, 0.25) is 0 Å². The highest BCUT2D eigenvalue weighted by Gasteiger charge is 2.32. The molecule has 1 N–H and O–H groups in total. The van der Waals surface area contributed by atoms with Gasteiger partial charge in [0.2, 0.25) is 17.7 Å². The Labute approximate surface area is 144 Å². The minimum Gasteiger partial charge on any atom is -0.343 e. The van der Waals surface area contributed by atoms with Gasteiger partial charge in [0.15, 0.2) is 0 Å². The number of piperidine rings is 1. The highest BCUT2D eigenvalue weighted by Crippen LogP contribution is 2.24. The number of rotatable bonds is 5. The lowest BCUT2D eigenvalue weighted by molar-refractivity contribution is -0.133. The second-order valence-corrected chi connectivity index (χ2v) is 5.75. The lowest BCUT2D eigenvalue weighted by atomic mass is 10.0. The third-order valence-electron chi connectivity index (χ3n) is 3.91. The molecule has 6 nitrogen and oxygen atoms in total. The van der Waals surface area contributed by atoms with Crippen LogP contribution in [-0.4, -0.2) is 48.8 Å². The Bertz CT molecular complexity index is 708. The van der Waals surface area contributed by atoms with Crippen LogP contribution in [0.1, 0.15) is 12.8 Å². The maximum Gasteiger partial charge on any atom is 0.249 e. The van der Waals surface area contributed by atoms with Crippen molar-refractivity contribution in [2.24, 2.45) is 0 Å². The third-order valence-corrected chi connectivity index (χ3v) is 3.91. The molecule has 1 aromatic rings. The summed E-state index contributed by atoms with van der Waals surface area (Å²) in [5.41, 5.74) is -0.0238. The van der Waals surface area contributed by atoms with E-state index in [2.05, 4.69) is 11.9 Å². The van der Waals surface area contributed by atoms with Crippen LogP contribution in [0.5, 0.6) is 0 Å². The molecule has 0 radical (unpaired) electrons. The van der Waals surface area contributed by atoms with Gasteiger partial charge < -0.3 is 15.1 Å². The van der Waals surface area contributed by atoms with Crippen LogP contribution in [0.25, 0.3) is 0 Å². The van der Waals surface area contributed by atoms with Crippen LogP contribution >= 0.6 is 0 Å². The Balaban J connectivity index is 2.05. The summed E-state index contributed by atoms with van der Waals surface area (Å²) in [4.78, 5) is 38.3. The fourth-order valence-electron chi connectivity index (χ4n) is 2.64. The first kappa shape index (κ1) is 18.6. The first-order chi connectivity index (χ1) is 11.8. The fourth-order valence-corrected chi connectivity index (χ4v) is 2.64. The second kappa shape index (κ2) is 7.87. The van der Waals surface area contributed by atoms with Gasteiger partial charge in [-0.2, -0.15) is 0 Å². The van der Waals surface area contributed by atoms with Gasteiger partial charge in [-0.05, 0) is 31.1 Å². The minimum atomic E-state index is -0.836. The molecular formula is C17H19F2N3O3. The Hall–Kier alpha value is -2.77. The van der Waals surface area contributed by atoms with E-state index in [1.54, 1.807) is 0 Å². The van der Waals surface area contributed by atoms with Crippen molar-refractivity contribution >= 4 is 23.4 Å². The van der Waals surface area contributed by atoms with Crippen molar-refractivity contribution in [3.63, 3.8) is 0 Å². The van der Waals surface area contributed by atoms with E-state index in [9.17, 15) is 23.2 Å². The number of anilines is 1. The molecule has 1 aliphatic rings. The number of hydrogen-bond acceptors (Lipinski definition) is 3. The molecule has 1 aromatic carbocycles. The first-order valence-corrected chi connectivity index (χ1v) is 7.76. The van der Waals surface area contributed by atoms with Crippen LogP contribution in [0.4, 0.5) is 14.5 Å². The number of likely N-dealkylation sites (N-methyl/N-ethyl adjacent to an activating group) is 1. The standard InChI is InChI=1S/C17H19F2N3O3/c1-3-16(24)21(2)10-15(23)20-13-5-4-8-22(17(13)25)14-7-6-11(18)9-12(14)19/h3,6-7,9,13H,1,4-5,8,10H2,2H3,(H,20,23). The summed E-state index contributed by atoms with van der Waals surface area (Å²) in [7, 11) is 1.44. The highest BCUT2D eigenvalue weighted by atomic mass is 19.1. The molecule has 2 rings (SSSR count). The van der Waals surface area contributed by atoms with E-state index >= 15 is 0 Å². The van der Waals surface area contributed by atoms with Crippen molar-refractivity contribution in [2.75, 3.05) is 25.0 Å². The Morgan fingerprint density at radius 3 is 2.80 bits per heavy atom. The number of nitrogens with zero attached hydrogens (tertiary/aromatic N) is 2. The predicted molar refractivity (Wildman–Crippen MR) is 87.7 cm³/mol. The van der Waals surface area contributed by atoms with Gasteiger partial charge >= 0.3 is 0 Å². The molecule has 1 unspecified atom stereocenters. The van der Waals surface area contributed by atoms with Crippen LogP contribution in [0, 0.1) is 11.6 Å². The van der Waals surface area contributed by atoms with Crippen LogP contribution in [-0.2, 0) is 14.4 Å². The van der Waals surface area contributed by atoms with Crippen LogP contribution in [0.3, 0.4) is 0 Å². The van der Waals surface area contributed by atoms with Gasteiger partial charge in [-0.25, -0.2) is 8.78 Å². The molecule has 0 spiro atoms. The normalized spacial score (nSPS) is 17.2. The molecule has 1 fully saturated rings. The van der Waals surface area contributed by atoms with Gasteiger partial charge in [-0.1, -0.05) is 6.58 Å². The Kier molecular flexibility index (Phi) is 5.84. The predicted octanol–water partition coefficient (Wildman–Crippen LogP) is 1.22. The van der Waals surface area contributed by atoms with Gasteiger partial charge in [0.05, 0.1) is 12.2 Å². The lowest BCUT2D eigenvalue weighted by Gasteiger charge is -2.33. The van der Waals surface area contributed by atoms with Gasteiger partial charge in [0.25, 0.3) is 0 Å². The van der Waals surface area contributed by atoms with Gasteiger partial charge in [0.1, 0.15) is 17.7 Å². The zero-order chi connectivity index (χ0) is 18.6. The summed E-state index contributed by atoms with van der Waals surface area (Å²) in [6.45, 7) is 3.39. The van der Waals surface area contributed by atoms with E-state index in [0.29, 0.717) is 18.9 Å². The van der Waals surface area contributed by atoms with Crippen molar-refractivity contribution in [3.05, 3.63) is 42.5 Å². The molecule has 0 aromatic heterocycles. The quantitative estimate of drug-likeness (QED) is 0.811. The molecular weight excluding hydrogens is 332 g/mol. The molecule has 134 valence electrons. The largest absolute Gasteiger partial charge is 0.343 e. The van der Waals surface area contributed by atoms with Gasteiger partial charge in [-0.3, -0.25) is 14.4 Å². The maximum absolute atomic E-state index is 13.9. The average Bonchev–Trinajstić information content (AvgIpc) is 2.56. The summed E-state index contributed by atoms with van der Waals surface area (Å²) in [5.74, 6) is -2.96. The van der Waals surface area contributed by atoms with Crippen molar-refractivity contribution in [1.82, 2.24) is 10.2 Å². The Morgan fingerprint density at radius 2 is 2.16 bits per heavy atom. The maximum atomic E-state index is 13.9. The van der Waals surface area contributed by atoms with E-state index < -0.39 is 35.4 Å². The molecule has 0 aliphatic carbocycles. The van der Waals surface area contributed by atoms with E-state index in [4.69, 9.17) is 0 Å². The smallest absolute Gasteiger partial charge is 0.249 e. The zero-order valence-corrected chi connectivity index (χ0v) is 13.8. The number of hydrogen-bond donors (Lipinski definition) is 1. The van der Waals surface area contributed by atoms with Crippen LogP contribution in [0.15, 0.2) is 30.9 Å². The first-order valence-electron chi connectivity index (χ1n) is 7.76. The Morgan fingerprint density at radius 1 is 1.44 bits per heavy atom. The molecule has 0 bridgehead atoms. The minimum absolute atomic E-state index is 0.0238. The van der Waals surface area contributed by atoms with Crippen molar-refractivity contribution in [2.45, 2.75) is 18.9 Å². The fraction of sp³-hybridized carbons (Fsp3) is 0.353. The van der Waals surface area contributed by atoms with Gasteiger partial charge in [0, 0.05) is 19.7 Å². The molecule has 1 saturated heterocycles.